The number of halogens is 2. The predicted molar refractivity (Wildman–Crippen MR) is 77.3 cm³/mol. The topological polar surface area (TPSA) is 59.3 Å². The van der Waals surface area contributed by atoms with E-state index in [1.807, 2.05) is 12.1 Å². The maximum atomic E-state index is 10.8. The van der Waals surface area contributed by atoms with Gasteiger partial charge in [0.1, 0.15) is 11.0 Å². The van der Waals surface area contributed by atoms with Crippen LogP contribution in [0.5, 0.6) is 0 Å². The van der Waals surface area contributed by atoms with Crippen LogP contribution in [-0.2, 0) is 6.54 Å². The number of anilines is 1. The molecule has 0 amide bonds. The van der Waals surface area contributed by atoms with E-state index in [2.05, 4.69) is 4.98 Å². The fraction of sp³-hybridized carbons (Fsp3) is 0.182. The highest BCUT2D eigenvalue weighted by Crippen LogP contribution is 2.26. The van der Waals surface area contributed by atoms with Gasteiger partial charge in [-0.3, -0.25) is 10.1 Å². The van der Waals surface area contributed by atoms with Crippen LogP contribution in [-0.4, -0.2) is 17.0 Å². The van der Waals surface area contributed by atoms with Gasteiger partial charge in [-0.2, -0.15) is 0 Å². The Labute approximate surface area is 123 Å². The van der Waals surface area contributed by atoms with Crippen LogP contribution in [0.1, 0.15) is 4.88 Å². The highest BCUT2D eigenvalue weighted by molar-refractivity contribution is 7.16. The molecule has 2 rings (SSSR count). The molecule has 0 aliphatic heterocycles. The minimum Gasteiger partial charge on any atom is -0.354 e. The van der Waals surface area contributed by atoms with Gasteiger partial charge in [-0.05, 0) is 12.1 Å². The van der Waals surface area contributed by atoms with E-state index in [0.717, 1.165) is 4.88 Å². The van der Waals surface area contributed by atoms with Gasteiger partial charge in [0.25, 0.3) is 5.69 Å². The molecule has 0 aliphatic rings. The fourth-order valence-corrected chi connectivity index (χ4v) is 2.86. The number of pyridine rings is 1. The summed E-state index contributed by atoms with van der Waals surface area (Å²) in [4.78, 5) is 17.2. The molecule has 0 unspecified atom stereocenters. The fourth-order valence-electron chi connectivity index (χ4n) is 1.52. The van der Waals surface area contributed by atoms with E-state index in [1.54, 1.807) is 11.9 Å². The molecular formula is C11H9Cl2N3O2S. The van der Waals surface area contributed by atoms with Crippen LogP contribution in [0.3, 0.4) is 0 Å². The summed E-state index contributed by atoms with van der Waals surface area (Å²) in [6.45, 7) is 0.557. The van der Waals surface area contributed by atoms with Crippen LogP contribution in [0.25, 0.3) is 0 Å². The predicted octanol–water partition coefficient (Wildman–Crippen LogP) is 3.99. The van der Waals surface area contributed by atoms with Gasteiger partial charge in [0.05, 0.1) is 27.9 Å². The summed E-state index contributed by atoms with van der Waals surface area (Å²) >= 11 is 13.1. The van der Waals surface area contributed by atoms with Crippen LogP contribution in [0.4, 0.5) is 11.5 Å². The zero-order valence-electron chi connectivity index (χ0n) is 9.84. The minimum atomic E-state index is -0.493. The molecule has 0 saturated heterocycles. The molecule has 0 aliphatic carbocycles. The zero-order chi connectivity index (χ0) is 14.0. The second kappa shape index (κ2) is 5.73. The van der Waals surface area contributed by atoms with Gasteiger partial charge in [0, 0.05) is 11.9 Å². The number of hydrogen-bond donors (Lipinski definition) is 0. The van der Waals surface area contributed by atoms with Gasteiger partial charge >= 0.3 is 0 Å². The van der Waals surface area contributed by atoms with Crippen molar-refractivity contribution in [3.8, 4) is 0 Å². The minimum absolute atomic E-state index is 0.0777. The third-order valence-corrected chi connectivity index (χ3v) is 3.80. The first-order chi connectivity index (χ1) is 8.95. The smallest absolute Gasteiger partial charge is 0.276 e. The summed E-state index contributed by atoms with van der Waals surface area (Å²) < 4.78 is 0.702. The second-order valence-corrected chi connectivity index (χ2v) is 6.01. The number of thiophene rings is 1. The summed E-state index contributed by atoms with van der Waals surface area (Å²) in [6, 6.07) is 6.33. The zero-order valence-corrected chi connectivity index (χ0v) is 12.2. The van der Waals surface area contributed by atoms with Gasteiger partial charge in [-0.25, -0.2) is 4.98 Å². The quantitative estimate of drug-likeness (QED) is 0.486. The molecule has 19 heavy (non-hydrogen) atoms. The summed E-state index contributed by atoms with van der Waals surface area (Å²) in [7, 11) is 1.79. The van der Waals surface area contributed by atoms with Crippen LogP contribution in [0, 0.1) is 10.1 Å². The Morgan fingerprint density at radius 1 is 1.42 bits per heavy atom. The molecule has 0 aromatic carbocycles. The van der Waals surface area contributed by atoms with E-state index in [-0.39, 0.29) is 10.8 Å². The lowest BCUT2D eigenvalue weighted by atomic mass is 10.3. The van der Waals surface area contributed by atoms with Crippen molar-refractivity contribution in [3.63, 3.8) is 0 Å². The van der Waals surface area contributed by atoms with Gasteiger partial charge in [-0.1, -0.05) is 23.2 Å². The Morgan fingerprint density at radius 3 is 2.74 bits per heavy atom. The van der Waals surface area contributed by atoms with Gasteiger partial charge < -0.3 is 4.90 Å². The first-order valence-electron chi connectivity index (χ1n) is 5.23. The SMILES string of the molecule is CN(Cc1ccc(Cl)s1)c1cc([N+](=O)[O-])cc(Cl)n1. The Hall–Kier alpha value is -1.37. The van der Waals surface area contributed by atoms with Crippen molar-refractivity contribution in [2.45, 2.75) is 6.54 Å². The molecular weight excluding hydrogens is 309 g/mol. The molecule has 0 bridgehead atoms. The van der Waals surface area contributed by atoms with Crippen molar-refractivity contribution in [1.29, 1.82) is 0 Å². The van der Waals surface area contributed by atoms with E-state index in [9.17, 15) is 10.1 Å². The molecule has 0 fully saturated rings. The molecule has 0 radical (unpaired) electrons. The number of aromatic nitrogens is 1. The summed E-state index contributed by atoms with van der Waals surface area (Å²) in [5.41, 5.74) is -0.0777. The van der Waals surface area contributed by atoms with Crippen molar-refractivity contribution >= 4 is 46.0 Å². The Balaban J connectivity index is 2.23. The lowest BCUT2D eigenvalue weighted by Crippen LogP contribution is -2.17. The average Bonchev–Trinajstić information content (AvgIpc) is 2.73. The average molecular weight is 318 g/mol. The molecule has 0 spiro atoms. The monoisotopic (exact) mass is 317 g/mol. The molecule has 8 heteroatoms. The molecule has 0 N–H and O–H groups in total. The van der Waals surface area contributed by atoms with Crippen molar-refractivity contribution in [3.05, 3.63) is 48.7 Å². The molecule has 5 nitrogen and oxygen atoms in total. The Kier molecular flexibility index (Phi) is 4.24. The molecule has 100 valence electrons. The van der Waals surface area contributed by atoms with Crippen LogP contribution in [0.15, 0.2) is 24.3 Å². The third kappa shape index (κ3) is 3.56. The largest absolute Gasteiger partial charge is 0.354 e. The maximum absolute atomic E-state index is 10.8. The first-order valence-corrected chi connectivity index (χ1v) is 6.80. The van der Waals surface area contributed by atoms with Crippen LogP contribution in [0.2, 0.25) is 9.49 Å². The van der Waals surface area contributed by atoms with Crippen molar-refractivity contribution in [2.24, 2.45) is 0 Å². The number of nitrogens with zero attached hydrogens (tertiary/aromatic N) is 3. The van der Waals surface area contributed by atoms with Crippen molar-refractivity contribution < 1.29 is 4.92 Å². The number of nitro groups is 1. The van der Waals surface area contributed by atoms with E-state index in [0.29, 0.717) is 16.7 Å². The second-order valence-electron chi connectivity index (χ2n) is 3.83. The number of hydrogen-bond acceptors (Lipinski definition) is 5. The number of rotatable bonds is 4. The third-order valence-electron chi connectivity index (χ3n) is 2.39. The van der Waals surface area contributed by atoms with E-state index < -0.39 is 4.92 Å². The van der Waals surface area contributed by atoms with E-state index in [1.165, 1.54) is 23.5 Å². The van der Waals surface area contributed by atoms with Crippen molar-refractivity contribution in [1.82, 2.24) is 4.98 Å². The van der Waals surface area contributed by atoms with Gasteiger partial charge in [0.2, 0.25) is 0 Å². The lowest BCUT2D eigenvalue weighted by molar-refractivity contribution is -0.384. The van der Waals surface area contributed by atoms with Crippen LogP contribution >= 0.6 is 34.5 Å². The molecule has 2 aromatic rings. The highest BCUT2D eigenvalue weighted by Gasteiger charge is 2.13. The maximum Gasteiger partial charge on any atom is 0.276 e. The highest BCUT2D eigenvalue weighted by atomic mass is 35.5. The molecule has 0 atom stereocenters. The summed E-state index contributed by atoms with van der Waals surface area (Å²) in [5, 5.41) is 10.9. The summed E-state index contributed by atoms with van der Waals surface area (Å²) in [5.74, 6) is 0.448. The van der Waals surface area contributed by atoms with E-state index >= 15 is 0 Å². The van der Waals surface area contributed by atoms with Gasteiger partial charge in [0.15, 0.2) is 0 Å². The standard InChI is InChI=1S/C11H9Cl2N3O2S/c1-15(6-8-2-3-10(13)19-8)11-5-7(16(17)18)4-9(12)14-11/h2-5H,6H2,1H3. The summed E-state index contributed by atoms with van der Waals surface area (Å²) in [6.07, 6.45) is 0. The van der Waals surface area contributed by atoms with Gasteiger partial charge in [-0.15, -0.1) is 11.3 Å². The normalized spacial score (nSPS) is 10.5. The van der Waals surface area contributed by atoms with Crippen molar-refractivity contribution in [2.75, 3.05) is 11.9 Å². The molecule has 2 heterocycles. The van der Waals surface area contributed by atoms with E-state index in [4.69, 9.17) is 23.2 Å². The Morgan fingerprint density at radius 2 is 2.16 bits per heavy atom. The Bertz CT molecular complexity index is 618. The first kappa shape index (κ1) is 14.0. The molecule has 2 aromatic heterocycles. The lowest BCUT2D eigenvalue weighted by Gasteiger charge is -2.17. The van der Waals surface area contributed by atoms with Crippen LogP contribution < -0.4 is 4.90 Å². The molecule has 0 saturated carbocycles.